The van der Waals surface area contributed by atoms with Crippen LogP contribution >= 0.6 is 23.2 Å². The Morgan fingerprint density at radius 1 is 1.08 bits per heavy atom. The lowest BCUT2D eigenvalue weighted by Gasteiger charge is -2.43. The van der Waals surface area contributed by atoms with E-state index in [4.69, 9.17) is 47.6 Å². The summed E-state index contributed by atoms with van der Waals surface area (Å²) in [6.07, 6.45) is 5.42. The Balaban J connectivity index is 0.000000925. The minimum Gasteiger partial charge on any atom is -0.542 e. The number of aliphatic carboxylic acids is 1. The Morgan fingerprint density at radius 3 is 2.25 bits per heavy atom. The second kappa shape index (κ2) is 19.0. The molecule has 4 aromatic rings. The highest BCUT2D eigenvalue weighted by Gasteiger charge is 2.41. The highest BCUT2D eigenvalue weighted by molar-refractivity contribution is 6.42. The number of halogens is 5. The molecule has 3 amide bonds. The molecule has 19 nitrogen and oxygen atoms in total. The van der Waals surface area contributed by atoms with E-state index in [2.05, 4.69) is 20.3 Å². The van der Waals surface area contributed by atoms with Crippen molar-refractivity contribution < 1.29 is 51.5 Å². The number of piperidine rings is 1. The zero-order valence-corrected chi connectivity index (χ0v) is 34.9. The minimum absolute atomic E-state index is 0.0703. The summed E-state index contributed by atoms with van der Waals surface area (Å²) in [6.45, 7) is 1.64. The van der Waals surface area contributed by atoms with Gasteiger partial charge in [-0.2, -0.15) is 18.2 Å². The Hall–Kier alpha value is -6.26. The number of nitrogens with one attached hydrogen (secondary N) is 1. The number of ether oxygens (including phenoxy) is 2. The number of nitro groups is 1. The Labute approximate surface area is 356 Å². The molecule has 1 saturated heterocycles. The molecule has 6 rings (SSSR count). The van der Waals surface area contributed by atoms with Gasteiger partial charge in [-0.1, -0.05) is 23.2 Å². The monoisotopic (exact) mass is 893 g/mol. The molecule has 2 aliphatic rings. The zero-order chi connectivity index (χ0) is 44.8. The van der Waals surface area contributed by atoms with Crippen LogP contribution in [0.5, 0.6) is 11.5 Å². The van der Waals surface area contributed by atoms with Crippen molar-refractivity contribution in [2.45, 2.75) is 38.1 Å². The van der Waals surface area contributed by atoms with Crippen LogP contribution in [-0.4, -0.2) is 117 Å². The van der Waals surface area contributed by atoms with Gasteiger partial charge in [0, 0.05) is 68.2 Å². The summed E-state index contributed by atoms with van der Waals surface area (Å²) in [5, 5.41) is 23.7. The zero-order valence-electron chi connectivity index (χ0n) is 33.4. The number of benzene rings is 1. The Bertz CT molecular complexity index is 2280. The predicted molar refractivity (Wildman–Crippen MR) is 214 cm³/mol. The van der Waals surface area contributed by atoms with Crippen molar-refractivity contribution in [3.05, 3.63) is 86.7 Å². The largest absolute Gasteiger partial charge is 0.542 e. The SMILES string of the molecule is COc1cc(OC)c(Cl)c(N2Cc3cnc(Nc4ccncc4)nc3N(C3CCN(C(=O)/C=C/C[N+](C)(C)Cc4c([N+](=O)[O-])ncn4C)CC3)C2=O)c1Cl.O=C([O-])C(F)(F)F. The molecule has 0 radical (unpaired) electrons. The third-order valence-electron chi connectivity index (χ3n) is 9.61. The summed E-state index contributed by atoms with van der Waals surface area (Å²) in [6, 6.07) is 4.37. The van der Waals surface area contributed by atoms with Crippen molar-refractivity contribution in [3.8, 4) is 11.5 Å². The molecule has 2 aliphatic heterocycles. The third-order valence-corrected chi connectivity index (χ3v) is 10.3. The van der Waals surface area contributed by atoms with Gasteiger partial charge in [0.1, 0.15) is 39.9 Å². The molecule has 0 unspecified atom stereocenters. The average Bonchev–Trinajstić information content (AvgIpc) is 3.57. The van der Waals surface area contributed by atoms with Crippen LogP contribution in [-0.2, 0) is 29.7 Å². The quantitative estimate of drug-likeness (QED) is 0.0889. The molecule has 0 aliphatic carbocycles. The molecule has 24 heteroatoms. The lowest BCUT2D eigenvalue weighted by molar-refractivity contribution is -0.898. The van der Waals surface area contributed by atoms with E-state index < -0.39 is 23.1 Å². The maximum atomic E-state index is 14.6. The van der Waals surface area contributed by atoms with Gasteiger partial charge >= 0.3 is 18.0 Å². The first-order chi connectivity index (χ1) is 28.8. The van der Waals surface area contributed by atoms with Crippen LogP contribution in [0.25, 0.3) is 0 Å². The normalized spacial score (nSPS) is 14.7. The van der Waals surface area contributed by atoms with Gasteiger partial charge in [-0.15, -0.1) is 0 Å². The number of carboxylic acids is 1. The summed E-state index contributed by atoms with van der Waals surface area (Å²) in [5.74, 6) is -2.05. The van der Waals surface area contributed by atoms with Gasteiger partial charge in [0.15, 0.2) is 5.69 Å². The fourth-order valence-electron chi connectivity index (χ4n) is 6.55. The van der Waals surface area contributed by atoms with Crippen LogP contribution in [0.2, 0.25) is 10.0 Å². The molecular weight excluding hydrogens is 854 g/mol. The number of likely N-dealkylation sites (tertiary alicyclic amines) is 1. The molecule has 0 atom stereocenters. The van der Waals surface area contributed by atoms with Crippen LogP contribution in [0, 0.1) is 10.1 Å². The van der Waals surface area contributed by atoms with E-state index >= 15 is 0 Å². The number of carbonyl (C=O) groups excluding carboxylic acids is 3. The van der Waals surface area contributed by atoms with Gasteiger partial charge in [-0.25, -0.2) is 9.78 Å². The number of urea groups is 1. The lowest BCUT2D eigenvalue weighted by atomic mass is 10.0. The van der Waals surface area contributed by atoms with E-state index in [1.54, 1.807) is 64.3 Å². The first-order valence-corrected chi connectivity index (χ1v) is 19.0. The van der Waals surface area contributed by atoms with Crippen molar-refractivity contribution in [2.75, 3.05) is 63.1 Å². The number of anilines is 4. The number of quaternary nitrogens is 1. The molecule has 3 aromatic heterocycles. The fraction of sp³-hybridized carbons (Fsp3) is 0.378. The topological polar surface area (TPSA) is 214 Å². The van der Waals surface area contributed by atoms with E-state index in [1.165, 1.54) is 31.5 Å². The summed E-state index contributed by atoms with van der Waals surface area (Å²) in [5.41, 5.74) is 2.11. The standard InChI is InChI=1S/C35H40Cl2N11O6.C2HF3O2/c1-43-21-40-33(47(51)52)25(43)20-48(2,3)16-6-7-28(49)44-14-10-24(11-15-44)46-32-22(18-39-34(42-32)41-23-8-12-38-13-9-23)19-45(35(46)50)31-29(36)26(53-4)17-27(54-5)30(31)37;3-2(4,5)1(6)7/h6-9,12-13,17-18,21,24H,10-11,14-16,19-20H2,1-5H3,(H,38,39,41,42);(H,6,7)/q+1;/p-1/b7-6+;. The van der Waals surface area contributed by atoms with Crippen molar-refractivity contribution in [1.82, 2.24) is 29.4 Å². The molecule has 0 spiro atoms. The molecule has 0 saturated carbocycles. The number of aromatic nitrogens is 5. The van der Waals surface area contributed by atoms with Gasteiger partial charge in [0.05, 0.1) is 47.1 Å². The number of carboxylic acid groups (broad SMARTS) is 1. The minimum atomic E-state index is -5.19. The summed E-state index contributed by atoms with van der Waals surface area (Å²) < 4.78 is 44.5. The van der Waals surface area contributed by atoms with Crippen molar-refractivity contribution in [3.63, 3.8) is 0 Å². The Morgan fingerprint density at radius 2 is 1.69 bits per heavy atom. The number of imidazole rings is 1. The smallest absolute Gasteiger partial charge is 0.430 e. The molecule has 61 heavy (non-hydrogen) atoms. The Kier molecular flexibility index (Phi) is 14.3. The number of hydrogen-bond donors (Lipinski definition) is 1. The summed E-state index contributed by atoms with van der Waals surface area (Å²) in [4.78, 5) is 69.9. The van der Waals surface area contributed by atoms with Crippen molar-refractivity contribution >= 4 is 70.1 Å². The number of pyridine rings is 1. The first kappa shape index (κ1) is 45.8. The van der Waals surface area contributed by atoms with Crippen LogP contribution in [0.3, 0.4) is 0 Å². The molecule has 1 N–H and O–H groups in total. The molecule has 0 bridgehead atoms. The number of fused-ring (bicyclic) bond motifs is 1. The maximum Gasteiger partial charge on any atom is 0.430 e. The van der Waals surface area contributed by atoms with Crippen molar-refractivity contribution in [1.29, 1.82) is 0 Å². The number of methoxy groups -OCH3 is 2. The van der Waals surface area contributed by atoms with E-state index in [-0.39, 0.29) is 51.5 Å². The van der Waals surface area contributed by atoms with E-state index in [0.717, 1.165) is 5.69 Å². The van der Waals surface area contributed by atoms with Crippen LogP contribution in [0.1, 0.15) is 24.1 Å². The van der Waals surface area contributed by atoms with Gasteiger partial charge < -0.3 is 48.8 Å². The van der Waals surface area contributed by atoms with Gasteiger partial charge in [0.25, 0.3) is 0 Å². The summed E-state index contributed by atoms with van der Waals surface area (Å²) in [7, 11) is 8.50. The molecule has 5 heterocycles. The summed E-state index contributed by atoms with van der Waals surface area (Å²) >= 11 is 13.6. The predicted octanol–water partition coefficient (Wildman–Crippen LogP) is 4.65. The van der Waals surface area contributed by atoms with Crippen molar-refractivity contribution in [2.24, 2.45) is 7.05 Å². The molecule has 1 fully saturated rings. The number of carbonyl (C=O) groups is 3. The number of nitrogens with zero attached hydrogens (tertiary/aromatic N) is 10. The number of likely N-dealkylation sites (N-methyl/N-ethyl adjacent to an activating group) is 1. The maximum absolute atomic E-state index is 14.6. The highest BCUT2D eigenvalue weighted by atomic mass is 35.5. The third kappa shape index (κ3) is 10.7. The van der Waals surface area contributed by atoms with Crippen LogP contribution in [0.15, 0.2) is 55.3 Å². The number of rotatable bonds is 12. The number of aryl methyl sites for hydroxylation is 1. The van der Waals surface area contributed by atoms with E-state index in [1.807, 2.05) is 14.1 Å². The molecule has 326 valence electrons. The number of hydrogen-bond acceptors (Lipinski definition) is 13. The van der Waals surface area contributed by atoms with Crippen LogP contribution < -0.4 is 29.7 Å². The second-order valence-corrected chi connectivity index (χ2v) is 15.1. The van der Waals surface area contributed by atoms with Gasteiger partial charge in [0.2, 0.25) is 18.2 Å². The average molecular weight is 895 g/mol. The highest BCUT2D eigenvalue weighted by Crippen LogP contribution is 2.48. The fourth-order valence-corrected chi connectivity index (χ4v) is 7.26. The number of amides is 3. The number of alkyl halides is 3. The van der Waals surface area contributed by atoms with Gasteiger partial charge in [-0.05, 0) is 41.0 Å². The molecular formula is C37H40Cl2F3N11O8. The van der Waals surface area contributed by atoms with E-state index in [0.29, 0.717) is 66.5 Å². The second-order valence-electron chi connectivity index (χ2n) is 14.3. The lowest BCUT2D eigenvalue weighted by Crippen LogP contribution is -2.55. The molecule has 1 aromatic carbocycles. The van der Waals surface area contributed by atoms with E-state index in [9.17, 15) is 32.9 Å². The first-order valence-electron chi connectivity index (χ1n) is 18.2. The van der Waals surface area contributed by atoms with Crippen LogP contribution in [0.4, 0.5) is 46.9 Å². The van der Waals surface area contributed by atoms with Gasteiger partial charge in [-0.3, -0.25) is 19.6 Å².